The van der Waals surface area contributed by atoms with E-state index in [2.05, 4.69) is 36.4 Å². The average molecular weight is 414 g/mol. The van der Waals surface area contributed by atoms with E-state index in [0.29, 0.717) is 18.9 Å². The van der Waals surface area contributed by atoms with Crippen LogP contribution in [-0.2, 0) is 16.1 Å². The maximum absolute atomic E-state index is 12.4. The second kappa shape index (κ2) is 6.87. The van der Waals surface area contributed by atoms with Crippen molar-refractivity contribution in [1.82, 2.24) is 20.5 Å². The summed E-state index contributed by atoms with van der Waals surface area (Å²) in [6.07, 6.45) is 1.86. The lowest BCUT2D eigenvalue weighted by molar-refractivity contribution is -0.126. The van der Waals surface area contributed by atoms with Crippen LogP contribution in [0.3, 0.4) is 0 Å². The highest BCUT2D eigenvalue weighted by Gasteiger charge is 2.36. The van der Waals surface area contributed by atoms with Crippen molar-refractivity contribution in [1.29, 1.82) is 0 Å². The molecule has 0 aliphatic carbocycles. The smallest absolute Gasteiger partial charge is 0.229 e. The first-order valence-corrected chi connectivity index (χ1v) is 9.03. The molecule has 2 aromatic heterocycles. The maximum atomic E-state index is 12.4. The number of carbonyl (C=O) groups is 2. The molecule has 1 fully saturated rings. The van der Waals surface area contributed by atoms with Gasteiger partial charge >= 0.3 is 0 Å². The van der Waals surface area contributed by atoms with Crippen LogP contribution in [0.5, 0.6) is 0 Å². The van der Waals surface area contributed by atoms with Crippen LogP contribution in [-0.4, -0.2) is 33.5 Å². The van der Waals surface area contributed by atoms with Gasteiger partial charge in [-0.15, -0.1) is 0 Å². The fourth-order valence-corrected chi connectivity index (χ4v) is 3.46. The van der Waals surface area contributed by atoms with Crippen LogP contribution >= 0.6 is 15.9 Å². The Morgan fingerprint density at radius 1 is 1.35 bits per heavy atom. The number of H-pyrrole nitrogens is 1. The molecule has 1 aliphatic heterocycles. The number of pyridine rings is 1. The summed E-state index contributed by atoms with van der Waals surface area (Å²) in [5.41, 5.74) is 1.62. The van der Waals surface area contributed by atoms with E-state index in [0.717, 1.165) is 21.1 Å². The van der Waals surface area contributed by atoms with Crippen molar-refractivity contribution >= 4 is 44.5 Å². The third kappa shape index (κ3) is 3.20. The third-order valence-corrected chi connectivity index (χ3v) is 4.92. The van der Waals surface area contributed by atoms with Crippen molar-refractivity contribution in [3.8, 4) is 0 Å². The maximum Gasteiger partial charge on any atom is 0.229 e. The van der Waals surface area contributed by atoms with Crippen LogP contribution in [0, 0.1) is 5.92 Å². The van der Waals surface area contributed by atoms with Crippen LogP contribution in [0.25, 0.3) is 10.9 Å². The van der Waals surface area contributed by atoms with Gasteiger partial charge in [-0.1, -0.05) is 22.0 Å². The molecule has 1 saturated heterocycles. The molecule has 0 spiro atoms. The second-order valence-corrected chi connectivity index (χ2v) is 7.10. The highest BCUT2D eigenvalue weighted by molar-refractivity contribution is 9.10. The summed E-state index contributed by atoms with van der Waals surface area (Å²) >= 11 is 3.42. The van der Waals surface area contributed by atoms with Gasteiger partial charge in [0, 0.05) is 29.0 Å². The number of halogens is 1. The van der Waals surface area contributed by atoms with Crippen molar-refractivity contribution in [2.45, 2.75) is 13.0 Å². The summed E-state index contributed by atoms with van der Waals surface area (Å²) in [6, 6.07) is 11.3. The number of nitrogens with one attached hydrogen (secondary N) is 2. The van der Waals surface area contributed by atoms with E-state index in [1.807, 2.05) is 36.4 Å². The standard InChI is InChI=1S/C18H16BrN5O2/c19-12-4-5-14-15(8-12)22-23-17(14)24-10-11(7-16(24)25)18(26)21-9-13-3-1-2-6-20-13/h1-6,8,11H,7,9-10H2,(H,21,26)(H,22,23). The van der Waals surface area contributed by atoms with Crippen LogP contribution < -0.4 is 10.2 Å². The Labute approximate surface area is 157 Å². The number of hydrogen-bond acceptors (Lipinski definition) is 4. The minimum atomic E-state index is -0.395. The van der Waals surface area contributed by atoms with Crippen molar-refractivity contribution in [3.05, 3.63) is 52.8 Å². The zero-order chi connectivity index (χ0) is 18.1. The highest BCUT2D eigenvalue weighted by atomic mass is 79.9. The summed E-state index contributed by atoms with van der Waals surface area (Å²) in [7, 11) is 0. The Hall–Kier alpha value is -2.74. The topological polar surface area (TPSA) is 91.0 Å². The fraction of sp³-hybridized carbons (Fsp3) is 0.222. The number of amides is 2. The largest absolute Gasteiger partial charge is 0.350 e. The zero-order valence-electron chi connectivity index (χ0n) is 13.8. The predicted octanol–water partition coefficient (Wildman–Crippen LogP) is 2.39. The molecule has 0 radical (unpaired) electrons. The molecule has 1 atom stereocenters. The minimum Gasteiger partial charge on any atom is -0.350 e. The average Bonchev–Trinajstić information content (AvgIpc) is 3.23. The van der Waals surface area contributed by atoms with E-state index in [4.69, 9.17) is 0 Å². The van der Waals surface area contributed by atoms with Crippen molar-refractivity contribution in [2.24, 2.45) is 5.92 Å². The Kier molecular flexibility index (Phi) is 4.42. The van der Waals surface area contributed by atoms with Gasteiger partial charge in [0.1, 0.15) is 0 Å². The van der Waals surface area contributed by atoms with Crippen molar-refractivity contribution < 1.29 is 9.59 Å². The lowest BCUT2D eigenvalue weighted by atomic mass is 10.1. The van der Waals surface area contributed by atoms with Gasteiger partial charge in [-0.05, 0) is 30.3 Å². The number of hydrogen-bond donors (Lipinski definition) is 2. The van der Waals surface area contributed by atoms with Crippen LogP contribution in [0.1, 0.15) is 12.1 Å². The number of aromatic nitrogens is 3. The molecule has 3 heterocycles. The molecule has 4 rings (SSSR count). The van der Waals surface area contributed by atoms with E-state index in [1.54, 1.807) is 11.1 Å². The van der Waals surface area contributed by atoms with Gasteiger partial charge in [0.05, 0.1) is 23.7 Å². The molecule has 1 aromatic carbocycles. The Morgan fingerprint density at radius 3 is 3.04 bits per heavy atom. The zero-order valence-corrected chi connectivity index (χ0v) is 15.4. The van der Waals surface area contributed by atoms with E-state index in [9.17, 15) is 9.59 Å². The molecule has 1 aliphatic rings. The molecule has 0 bridgehead atoms. The highest BCUT2D eigenvalue weighted by Crippen LogP contribution is 2.31. The number of carbonyl (C=O) groups excluding carboxylic acids is 2. The van der Waals surface area contributed by atoms with Gasteiger partial charge in [0.2, 0.25) is 11.8 Å². The van der Waals surface area contributed by atoms with Gasteiger partial charge in [-0.2, -0.15) is 5.10 Å². The SMILES string of the molecule is O=C(NCc1ccccn1)C1CC(=O)N(c2n[nH]c3cc(Br)ccc23)C1. The van der Waals surface area contributed by atoms with E-state index < -0.39 is 5.92 Å². The molecule has 1 unspecified atom stereocenters. The van der Waals surface area contributed by atoms with Gasteiger partial charge in [-0.3, -0.25) is 24.6 Å². The molecule has 2 amide bonds. The van der Waals surface area contributed by atoms with Crippen molar-refractivity contribution in [2.75, 3.05) is 11.4 Å². The quantitative estimate of drug-likeness (QED) is 0.686. The molecular weight excluding hydrogens is 398 g/mol. The van der Waals surface area contributed by atoms with E-state index >= 15 is 0 Å². The first kappa shape index (κ1) is 16.7. The van der Waals surface area contributed by atoms with E-state index in [1.165, 1.54) is 0 Å². The lowest BCUT2D eigenvalue weighted by Gasteiger charge is -2.14. The Morgan fingerprint density at radius 2 is 2.23 bits per heavy atom. The summed E-state index contributed by atoms with van der Waals surface area (Å²) in [5.74, 6) is -0.0701. The number of rotatable bonds is 4. The number of anilines is 1. The van der Waals surface area contributed by atoms with Crippen LogP contribution in [0.2, 0.25) is 0 Å². The normalized spacial score (nSPS) is 17.0. The lowest BCUT2D eigenvalue weighted by Crippen LogP contribution is -2.33. The molecule has 26 heavy (non-hydrogen) atoms. The van der Waals surface area contributed by atoms with Gasteiger partial charge < -0.3 is 5.32 Å². The van der Waals surface area contributed by atoms with Crippen molar-refractivity contribution in [3.63, 3.8) is 0 Å². The van der Waals surface area contributed by atoms with E-state index in [-0.39, 0.29) is 18.2 Å². The predicted molar refractivity (Wildman–Crippen MR) is 100 cm³/mol. The second-order valence-electron chi connectivity index (χ2n) is 6.18. The molecule has 132 valence electrons. The Bertz CT molecular complexity index is 972. The summed E-state index contributed by atoms with van der Waals surface area (Å²) in [4.78, 5) is 30.6. The van der Waals surface area contributed by atoms with Crippen LogP contribution in [0.4, 0.5) is 5.82 Å². The number of benzene rings is 1. The number of fused-ring (bicyclic) bond motifs is 1. The van der Waals surface area contributed by atoms with Gasteiger partial charge in [0.25, 0.3) is 0 Å². The molecule has 7 nitrogen and oxygen atoms in total. The monoisotopic (exact) mass is 413 g/mol. The Balaban J connectivity index is 1.47. The molecular formula is C18H16BrN5O2. The van der Waals surface area contributed by atoms with Crippen LogP contribution in [0.15, 0.2) is 47.1 Å². The molecule has 3 aromatic rings. The summed E-state index contributed by atoms with van der Waals surface area (Å²) in [6.45, 7) is 0.673. The molecule has 0 saturated carbocycles. The summed E-state index contributed by atoms with van der Waals surface area (Å²) < 4.78 is 0.930. The molecule has 8 heteroatoms. The minimum absolute atomic E-state index is 0.0979. The molecule has 2 N–H and O–H groups in total. The first-order chi connectivity index (χ1) is 12.6. The van der Waals surface area contributed by atoms with Gasteiger partial charge in [-0.25, -0.2) is 0 Å². The van der Waals surface area contributed by atoms with Gasteiger partial charge in [0.15, 0.2) is 5.82 Å². The first-order valence-electron chi connectivity index (χ1n) is 8.23. The third-order valence-electron chi connectivity index (χ3n) is 4.43. The fourth-order valence-electron chi connectivity index (χ4n) is 3.10. The summed E-state index contributed by atoms with van der Waals surface area (Å²) in [5, 5.41) is 10.9. The number of nitrogens with zero attached hydrogens (tertiary/aromatic N) is 3. The number of aromatic amines is 1.